The summed E-state index contributed by atoms with van der Waals surface area (Å²) in [5.74, 6) is -0.312. The molecule has 156 valence electrons. The van der Waals surface area contributed by atoms with Crippen LogP contribution in [0.1, 0.15) is 35.8 Å². The summed E-state index contributed by atoms with van der Waals surface area (Å²) in [4.78, 5) is 9.03. The topological polar surface area (TPSA) is 49.3 Å². The first-order valence-corrected chi connectivity index (χ1v) is 8.96. The third-order valence-corrected chi connectivity index (χ3v) is 5.77. The van der Waals surface area contributed by atoms with Crippen molar-refractivity contribution >= 4 is 5.69 Å². The lowest BCUT2D eigenvalue weighted by Gasteiger charge is -2.60. The van der Waals surface area contributed by atoms with Crippen molar-refractivity contribution in [3.8, 4) is 0 Å². The lowest BCUT2D eigenvalue weighted by atomic mass is 9.55. The van der Waals surface area contributed by atoms with Gasteiger partial charge in [-0.1, -0.05) is 0 Å². The Bertz CT molecular complexity index is 882. The van der Waals surface area contributed by atoms with E-state index in [-0.39, 0.29) is 16.9 Å². The van der Waals surface area contributed by atoms with Gasteiger partial charge in [0.15, 0.2) is 0 Å². The number of anilines is 1. The van der Waals surface area contributed by atoms with E-state index in [2.05, 4.69) is 9.97 Å². The fraction of sp³-hybridized carbons (Fsp3) is 0.474. The van der Waals surface area contributed by atoms with E-state index >= 15 is 0 Å². The Balaban J connectivity index is 1.37. The monoisotopic (exact) mass is 417 g/mol. The molecule has 1 saturated heterocycles. The molecule has 3 heterocycles. The number of aliphatic hydroxyl groups excluding tert-OH is 1. The Morgan fingerprint density at radius 2 is 1.69 bits per heavy atom. The lowest BCUT2D eigenvalue weighted by Crippen LogP contribution is -2.63. The zero-order valence-corrected chi connectivity index (χ0v) is 15.0. The molecule has 1 N–H and O–H groups in total. The van der Waals surface area contributed by atoms with E-state index in [9.17, 15) is 31.4 Å². The number of hydrogen-bond acceptors (Lipinski definition) is 4. The fourth-order valence-corrected chi connectivity index (χ4v) is 4.38. The zero-order chi connectivity index (χ0) is 21.0. The van der Waals surface area contributed by atoms with Gasteiger partial charge < -0.3 is 10.0 Å². The van der Waals surface area contributed by atoms with Gasteiger partial charge in [0.25, 0.3) is 0 Å². The highest BCUT2D eigenvalue weighted by Gasteiger charge is 2.55. The van der Waals surface area contributed by atoms with Crippen molar-refractivity contribution in [3.63, 3.8) is 0 Å². The van der Waals surface area contributed by atoms with Gasteiger partial charge in [-0.2, -0.15) is 26.3 Å². The molecule has 2 aromatic heterocycles. The molecule has 1 saturated carbocycles. The largest absolute Gasteiger partial charge is 0.433 e. The molecule has 4 rings (SSSR count). The summed E-state index contributed by atoms with van der Waals surface area (Å²) < 4.78 is 77.2. The lowest BCUT2D eigenvalue weighted by molar-refractivity contribution is -0.141. The Morgan fingerprint density at radius 3 is 2.24 bits per heavy atom. The van der Waals surface area contributed by atoms with Crippen LogP contribution in [0.15, 0.2) is 36.8 Å². The van der Waals surface area contributed by atoms with Gasteiger partial charge >= 0.3 is 12.4 Å². The van der Waals surface area contributed by atoms with Crippen LogP contribution < -0.4 is 4.90 Å². The standard InChI is InChI=1S/C19H17F6N3O/c20-18(21,22)14-3-4-26-8-13(14)16(29)11-5-17(6-11)9-28(10-17)12-1-2-15(27-7-12)19(23,24)25/h1-4,7-8,11,16,29H,5-6,9-10H2. The predicted molar refractivity (Wildman–Crippen MR) is 90.8 cm³/mol. The number of aromatic nitrogens is 2. The highest BCUT2D eigenvalue weighted by molar-refractivity contribution is 5.49. The van der Waals surface area contributed by atoms with Crippen molar-refractivity contribution < 1.29 is 31.4 Å². The summed E-state index contributed by atoms with van der Waals surface area (Å²) in [6.07, 6.45) is -5.95. The number of aliphatic hydroxyl groups is 1. The first kappa shape index (κ1) is 19.9. The average molecular weight is 417 g/mol. The maximum absolute atomic E-state index is 13.1. The van der Waals surface area contributed by atoms with Crippen molar-refractivity contribution in [1.82, 2.24) is 9.97 Å². The van der Waals surface area contributed by atoms with Crippen LogP contribution in [0.4, 0.5) is 32.0 Å². The number of rotatable bonds is 3. The first-order chi connectivity index (χ1) is 13.5. The fourth-order valence-electron chi connectivity index (χ4n) is 4.38. The Kier molecular flexibility index (Phi) is 4.52. The minimum atomic E-state index is -4.57. The maximum Gasteiger partial charge on any atom is 0.433 e. The van der Waals surface area contributed by atoms with Gasteiger partial charge in [0.2, 0.25) is 0 Å². The van der Waals surface area contributed by atoms with Crippen molar-refractivity contribution in [1.29, 1.82) is 0 Å². The van der Waals surface area contributed by atoms with E-state index < -0.39 is 29.7 Å². The normalized spacial score (nSPS) is 20.3. The SMILES string of the molecule is OC(c1cnccc1C(F)(F)F)C1CC2(C1)CN(c1ccc(C(F)(F)F)nc1)C2. The van der Waals surface area contributed by atoms with E-state index in [1.165, 1.54) is 12.3 Å². The van der Waals surface area contributed by atoms with Gasteiger partial charge in [0, 0.05) is 36.5 Å². The minimum absolute atomic E-state index is 0.130. The molecule has 2 aromatic rings. The van der Waals surface area contributed by atoms with Crippen LogP contribution in [-0.2, 0) is 12.4 Å². The molecule has 1 atom stereocenters. The molecule has 4 nitrogen and oxygen atoms in total. The van der Waals surface area contributed by atoms with Crippen molar-refractivity contribution in [3.05, 3.63) is 53.6 Å². The van der Waals surface area contributed by atoms with Crippen molar-refractivity contribution in [2.45, 2.75) is 31.3 Å². The molecule has 2 fully saturated rings. The summed E-state index contributed by atoms with van der Waals surface area (Å²) in [5.41, 5.74) is -1.62. The van der Waals surface area contributed by atoms with Gasteiger partial charge in [-0.05, 0) is 37.0 Å². The van der Waals surface area contributed by atoms with Crippen LogP contribution in [0, 0.1) is 11.3 Å². The summed E-state index contributed by atoms with van der Waals surface area (Å²) in [6.45, 7) is 1.14. The van der Waals surface area contributed by atoms with E-state index in [4.69, 9.17) is 0 Å². The first-order valence-electron chi connectivity index (χ1n) is 8.96. The molecule has 0 aromatic carbocycles. The molecule has 29 heavy (non-hydrogen) atoms. The minimum Gasteiger partial charge on any atom is -0.388 e. The van der Waals surface area contributed by atoms with Gasteiger partial charge in [-0.3, -0.25) is 4.98 Å². The second-order valence-electron chi connectivity index (χ2n) is 7.83. The number of nitrogens with zero attached hydrogens (tertiary/aromatic N) is 3. The van der Waals surface area contributed by atoms with Crippen LogP contribution in [0.5, 0.6) is 0 Å². The number of halogens is 6. The van der Waals surface area contributed by atoms with Crippen LogP contribution in [0.3, 0.4) is 0 Å². The second-order valence-corrected chi connectivity index (χ2v) is 7.83. The summed E-state index contributed by atoms with van der Waals surface area (Å²) >= 11 is 0. The van der Waals surface area contributed by atoms with Gasteiger partial charge in [-0.15, -0.1) is 0 Å². The Labute approximate surface area is 162 Å². The van der Waals surface area contributed by atoms with Crippen LogP contribution in [0.25, 0.3) is 0 Å². The molecule has 0 radical (unpaired) electrons. The van der Waals surface area contributed by atoms with E-state index in [1.54, 1.807) is 0 Å². The number of pyridine rings is 2. The van der Waals surface area contributed by atoms with Crippen LogP contribution >= 0.6 is 0 Å². The van der Waals surface area contributed by atoms with E-state index in [0.29, 0.717) is 31.6 Å². The molecule has 1 unspecified atom stereocenters. The average Bonchev–Trinajstić information content (AvgIpc) is 2.58. The predicted octanol–water partition coefficient (Wildman–Crippen LogP) is 4.46. The van der Waals surface area contributed by atoms with Crippen molar-refractivity contribution in [2.75, 3.05) is 18.0 Å². The molecule has 1 aliphatic carbocycles. The number of alkyl halides is 6. The molecular weight excluding hydrogens is 400 g/mol. The van der Waals surface area contributed by atoms with Gasteiger partial charge in [0.1, 0.15) is 5.69 Å². The Morgan fingerprint density at radius 1 is 1.00 bits per heavy atom. The van der Waals surface area contributed by atoms with Crippen LogP contribution in [0.2, 0.25) is 0 Å². The quantitative estimate of drug-likeness (QED) is 0.749. The van der Waals surface area contributed by atoms with E-state index in [0.717, 1.165) is 24.5 Å². The number of hydrogen-bond donors (Lipinski definition) is 1. The van der Waals surface area contributed by atoms with Crippen molar-refractivity contribution in [2.24, 2.45) is 11.3 Å². The summed E-state index contributed by atoms with van der Waals surface area (Å²) in [5, 5.41) is 10.5. The Hall–Kier alpha value is -2.36. The third kappa shape index (κ3) is 3.65. The summed E-state index contributed by atoms with van der Waals surface area (Å²) in [7, 11) is 0. The maximum atomic E-state index is 13.1. The van der Waals surface area contributed by atoms with E-state index in [1.807, 2.05) is 4.90 Å². The molecule has 2 aliphatic rings. The zero-order valence-electron chi connectivity index (χ0n) is 15.0. The summed E-state index contributed by atoms with van der Waals surface area (Å²) in [6, 6.07) is 3.14. The molecule has 1 spiro atoms. The van der Waals surface area contributed by atoms with Gasteiger partial charge in [0.05, 0.1) is 23.6 Å². The molecule has 1 aliphatic heterocycles. The highest BCUT2D eigenvalue weighted by Crippen LogP contribution is 2.57. The molecule has 0 bridgehead atoms. The van der Waals surface area contributed by atoms with Crippen LogP contribution in [-0.4, -0.2) is 28.2 Å². The third-order valence-electron chi connectivity index (χ3n) is 5.77. The smallest absolute Gasteiger partial charge is 0.388 e. The second kappa shape index (κ2) is 6.58. The molecule has 0 amide bonds. The van der Waals surface area contributed by atoms with Gasteiger partial charge in [-0.25, -0.2) is 4.98 Å². The highest BCUT2D eigenvalue weighted by atomic mass is 19.4. The molecule has 10 heteroatoms. The molecular formula is C19H17F6N3O.